The fourth-order valence-electron chi connectivity index (χ4n) is 1.48. The van der Waals surface area contributed by atoms with Crippen molar-refractivity contribution in [2.24, 2.45) is 0 Å². The molecular weight excluding hydrogens is 294 g/mol. The normalized spacial score (nSPS) is 10.3. The number of benzene rings is 1. The van der Waals surface area contributed by atoms with Crippen molar-refractivity contribution in [3.8, 4) is 5.75 Å². The molecule has 1 N–H and O–H groups in total. The number of aromatic nitrogens is 2. The van der Waals surface area contributed by atoms with Crippen LogP contribution in [0.3, 0.4) is 0 Å². The quantitative estimate of drug-likeness (QED) is 0.626. The second kappa shape index (κ2) is 7.25. The highest BCUT2D eigenvalue weighted by Crippen LogP contribution is 2.26. The first-order valence-corrected chi connectivity index (χ1v) is 7.90. The largest absolute Gasteiger partial charge is 0.497 e. The lowest BCUT2D eigenvalue weighted by Gasteiger charge is -2.01. The molecule has 0 aliphatic rings. The van der Waals surface area contributed by atoms with E-state index in [2.05, 4.69) is 15.5 Å². The summed E-state index contributed by atoms with van der Waals surface area (Å²) >= 11 is 2.86. The minimum atomic E-state index is 0.0675. The van der Waals surface area contributed by atoms with Gasteiger partial charge < -0.3 is 10.1 Å². The summed E-state index contributed by atoms with van der Waals surface area (Å²) in [7, 11) is 1.60. The smallest absolute Gasteiger partial charge is 0.206 e. The fourth-order valence-corrected chi connectivity index (χ4v) is 3.19. The number of hydrogen-bond acceptors (Lipinski definition) is 7. The highest BCUT2D eigenvalue weighted by atomic mass is 32.2. The van der Waals surface area contributed by atoms with Gasteiger partial charge in [-0.1, -0.05) is 23.1 Å². The minimum Gasteiger partial charge on any atom is -0.497 e. The van der Waals surface area contributed by atoms with E-state index in [9.17, 15) is 4.79 Å². The molecular formula is C13H15N3O2S2. The third kappa shape index (κ3) is 3.94. The molecule has 1 aromatic heterocycles. The molecule has 0 aliphatic heterocycles. The second-order valence-electron chi connectivity index (χ2n) is 3.84. The lowest BCUT2D eigenvalue weighted by atomic mass is 10.1. The second-order valence-corrected chi connectivity index (χ2v) is 6.04. The van der Waals surface area contributed by atoms with Crippen LogP contribution in [-0.2, 0) is 0 Å². The van der Waals surface area contributed by atoms with Crippen molar-refractivity contribution in [2.45, 2.75) is 11.3 Å². The van der Waals surface area contributed by atoms with Gasteiger partial charge in [-0.15, -0.1) is 10.2 Å². The molecule has 1 aromatic carbocycles. The summed E-state index contributed by atoms with van der Waals surface area (Å²) in [4.78, 5) is 12.0. The van der Waals surface area contributed by atoms with Gasteiger partial charge in [0.2, 0.25) is 5.13 Å². The summed E-state index contributed by atoms with van der Waals surface area (Å²) in [5, 5.41) is 11.9. The van der Waals surface area contributed by atoms with Crippen LogP contribution in [0.4, 0.5) is 5.13 Å². The predicted molar refractivity (Wildman–Crippen MR) is 82.1 cm³/mol. The topological polar surface area (TPSA) is 64.1 Å². The van der Waals surface area contributed by atoms with Crippen LogP contribution in [0.25, 0.3) is 0 Å². The Morgan fingerprint density at radius 2 is 2.10 bits per heavy atom. The first-order chi connectivity index (χ1) is 9.72. The highest BCUT2D eigenvalue weighted by Gasteiger charge is 2.10. The van der Waals surface area contributed by atoms with Gasteiger partial charge in [0.1, 0.15) is 5.75 Å². The van der Waals surface area contributed by atoms with E-state index in [1.807, 2.05) is 6.92 Å². The average Bonchev–Trinajstić information content (AvgIpc) is 2.93. The summed E-state index contributed by atoms with van der Waals surface area (Å²) < 4.78 is 5.86. The molecule has 0 unspecified atom stereocenters. The van der Waals surface area contributed by atoms with E-state index in [0.29, 0.717) is 11.3 Å². The van der Waals surface area contributed by atoms with Gasteiger partial charge in [-0.3, -0.25) is 4.79 Å². The van der Waals surface area contributed by atoms with Crippen LogP contribution in [0.1, 0.15) is 17.3 Å². The number of Topliss-reactive ketones (excluding diaryl/α,β-unsaturated/α-hetero) is 1. The molecule has 2 rings (SSSR count). The van der Waals surface area contributed by atoms with E-state index in [-0.39, 0.29) is 5.78 Å². The Morgan fingerprint density at radius 1 is 1.35 bits per heavy atom. The molecule has 0 saturated carbocycles. The van der Waals surface area contributed by atoms with E-state index < -0.39 is 0 Å². The number of hydrogen-bond donors (Lipinski definition) is 1. The zero-order valence-electron chi connectivity index (χ0n) is 11.3. The molecule has 2 aromatic rings. The van der Waals surface area contributed by atoms with Crippen molar-refractivity contribution < 1.29 is 9.53 Å². The Morgan fingerprint density at radius 3 is 2.75 bits per heavy atom. The van der Waals surface area contributed by atoms with Crippen LogP contribution in [0.5, 0.6) is 5.75 Å². The molecule has 1 heterocycles. The average molecular weight is 309 g/mol. The molecule has 0 bridgehead atoms. The zero-order chi connectivity index (χ0) is 14.4. The van der Waals surface area contributed by atoms with Gasteiger partial charge >= 0.3 is 0 Å². The summed E-state index contributed by atoms with van der Waals surface area (Å²) in [6.07, 6.45) is 0. The third-order valence-electron chi connectivity index (χ3n) is 2.47. The van der Waals surface area contributed by atoms with Crippen molar-refractivity contribution in [3.05, 3.63) is 29.8 Å². The van der Waals surface area contributed by atoms with Gasteiger partial charge in [-0.2, -0.15) is 0 Å². The monoisotopic (exact) mass is 309 g/mol. The van der Waals surface area contributed by atoms with Crippen LogP contribution in [-0.4, -0.2) is 35.4 Å². The summed E-state index contributed by atoms with van der Waals surface area (Å²) in [5.74, 6) is 1.17. The molecule has 0 fully saturated rings. The number of methoxy groups -OCH3 is 1. The van der Waals surface area contributed by atoms with Gasteiger partial charge in [0.05, 0.1) is 12.9 Å². The molecule has 5 nitrogen and oxygen atoms in total. The third-order valence-corrected chi connectivity index (χ3v) is 4.49. The van der Waals surface area contributed by atoms with Gasteiger partial charge in [-0.05, 0) is 31.2 Å². The summed E-state index contributed by atoms with van der Waals surface area (Å²) in [6, 6.07) is 7.11. The van der Waals surface area contributed by atoms with E-state index in [4.69, 9.17) is 4.74 Å². The number of nitrogens with zero attached hydrogens (tertiary/aromatic N) is 2. The van der Waals surface area contributed by atoms with Gasteiger partial charge in [-0.25, -0.2) is 0 Å². The van der Waals surface area contributed by atoms with E-state index in [0.717, 1.165) is 21.8 Å². The Bertz CT molecular complexity index is 569. The molecule has 7 heteroatoms. The molecule has 0 aliphatic carbocycles. The van der Waals surface area contributed by atoms with Gasteiger partial charge in [0.15, 0.2) is 10.1 Å². The Labute approximate surface area is 125 Å². The first kappa shape index (κ1) is 14.8. The van der Waals surface area contributed by atoms with Crippen molar-refractivity contribution in [1.82, 2.24) is 10.2 Å². The Hall–Kier alpha value is -1.60. The van der Waals surface area contributed by atoms with Crippen LogP contribution in [0, 0.1) is 0 Å². The van der Waals surface area contributed by atoms with E-state index >= 15 is 0 Å². The minimum absolute atomic E-state index is 0.0675. The van der Waals surface area contributed by atoms with E-state index in [1.165, 1.54) is 23.1 Å². The number of ether oxygens (including phenoxy) is 1. The standard InChI is InChI=1S/C13H15N3O2S2/c1-3-14-12-15-16-13(20-12)19-8-11(17)9-4-6-10(18-2)7-5-9/h4-7H,3,8H2,1-2H3,(H,14,15). The van der Waals surface area contributed by atoms with Gasteiger partial charge in [0.25, 0.3) is 0 Å². The van der Waals surface area contributed by atoms with Crippen LogP contribution < -0.4 is 10.1 Å². The molecule has 0 amide bonds. The molecule has 20 heavy (non-hydrogen) atoms. The number of thioether (sulfide) groups is 1. The molecule has 0 radical (unpaired) electrons. The van der Waals surface area contributed by atoms with E-state index in [1.54, 1.807) is 31.4 Å². The van der Waals surface area contributed by atoms with Crippen molar-refractivity contribution in [3.63, 3.8) is 0 Å². The highest BCUT2D eigenvalue weighted by molar-refractivity contribution is 8.01. The maximum atomic E-state index is 12.0. The summed E-state index contributed by atoms with van der Waals surface area (Å²) in [6.45, 7) is 2.81. The maximum absolute atomic E-state index is 12.0. The van der Waals surface area contributed by atoms with Crippen molar-refractivity contribution >= 4 is 34.0 Å². The summed E-state index contributed by atoms with van der Waals surface area (Å²) in [5.41, 5.74) is 0.676. The lowest BCUT2D eigenvalue weighted by molar-refractivity contribution is 0.102. The number of carbonyl (C=O) groups is 1. The van der Waals surface area contributed by atoms with Crippen LogP contribution >= 0.6 is 23.1 Å². The predicted octanol–water partition coefficient (Wildman–Crippen LogP) is 2.95. The van der Waals surface area contributed by atoms with Gasteiger partial charge in [0, 0.05) is 12.1 Å². The number of nitrogens with one attached hydrogen (secondary N) is 1. The zero-order valence-corrected chi connectivity index (χ0v) is 12.9. The fraction of sp³-hybridized carbons (Fsp3) is 0.308. The Balaban J connectivity index is 1.90. The Kier molecular flexibility index (Phi) is 5.37. The van der Waals surface area contributed by atoms with Crippen LogP contribution in [0.15, 0.2) is 28.6 Å². The first-order valence-electron chi connectivity index (χ1n) is 6.10. The SMILES string of the molecule is CCNc1nnc(SCC(=O)c2ccc(OC)cc2)s1. The maximum Gasteiger partial charge on any atom is 0.206 e. The molecule has 0 saturated heterocycles. The number of ketones is 1. The number of rotatable bonds is 7. The van der Waals surface area contributed by atoms with Crippen molar-refractivity contribution in [1.29, 1.82) is 0 Å². The van der Waals surface area contributed by atoms with Crippen molar-refractivity contribution in [2.75, 3.05) is 24.7 Å². The lowest BCUT2D eigenvalue weighted by Crippen LogP contribution is -2.02. The molecule has 106 valence electrons. The number of anilines is 1. The molecule has 0 atom stereocenters. The number of carbonyl (C=O) groups excluding carboxylic acids is 1. The van der Waals surface area contributed by atoms with Crippen LogP contribution in [0.2, 0.25) is 0 Å². The molecule has 0 spiro atoms.